The van der Waals surface area contributed by atoms with Crippen LogP contribution >= 0.6 is 11.8 Å². The number of thioether (sulfide) groups is 1. The van der Waals surface area contributed by atoms with E-state index >= 15 is 0 Å². The predicted octanol–water partition coefficient (Wildman–Crippen LogP) is 7.49. The van der Waals surface area contributed by atoms with E-state index in [1.807, 2.05) is 0 Å². The van der Waals surface area contributed by atoms with Gasteiger partial charge in [0.15, 0.2) is 12.1 Å². The number of anilines is 1. The fourth-order valence-corrected chi connectivity index (χ4v) is 8.53. The Morgan fingerprint density at radius 1 is 0.726 bits per heavy atom. The number of nitrogens with two attached hydrogens (primary N) is 1. The number of nitrogens with one attached hydrogen (secondary N) is 1. The first-order valence-electron chi connectivity index (χ1n) is 24.3. The maximum atomic E-state index is 12.9. The first kappa shape index (κ1) is 55.8. The number of carbonyl (C=O) groups is 3. The van der Waals surface area contributed by atoms with Crippen LogP contribution in [0, 0.1) is 0 Å². The molecular weight excluding hydrogens is 815 g/mol. The zero-order valence-electron chi connectivity index (χ0n) is 38.3. The molecule has 0 aliphatic carbocycles. The molecule has 0 saturated carbocycles. The zero-order valence-corrected chi connectivity index (χ0v) is 39.1. The lowest BCUT2D eigenvalue weighted by molar-refractivity contribution is -0.157. The smallest absolute Gasteiger partial charge is 0.306 e. The normalized spacial score (nSPS) is 19.0. The van der Waals surface area contributed by atoms with Crippen LogP contribution in [0.15, 0.2) is 6.20 Å². The molecule has 7 atom stereocenters. The summed E-state index contributed by atoms with van der Waals surface area (Å²) in [5.74, 6) is -0.640. The molecule has 1 aliphatic rings. The molecule has 2 unspecified atom stereocenters. The Labute approximate surface area is 376 Å². The standard InChI is InChI=1S/C46H85N5O10S/c1-3-5-7-9-11-13-15-17-19-21-23-25-27-29-40(53)59-33-36(60-41(54)30-28-26-24-22-20-18-16-14-12-10-8-6-4-2)34-62-35-37(47)45(57)48-39-32-51(50-49-39)31-38(52)44-42(55)43(56)46(58)61-44/h32,36-38,42-44,46,52,55-56,58H,3-31,33-35,47H2,1-2H3,(H,48,57)/t36-,37-,38+,42+,43+,44?,46?/m1/s1. The van der Waals surface area contributed by atoms with Gasteiger partial charge in [0.1, 0.15) is 37.1 Å². The molecule has 360 valence electrons. The molecule has 2 rings (SSSR count). The molecule has 1 aromatic rings. The number of ether oxygens (including phenoxy) is 3. The summed E-state index contributed by atoms with van der Waals surface area (Å²) in [5, 5.41) is 50.0. The third kappa shape index (κ3) is 26.4. The molecule has 15 nitrogen and oxygen atoms in total. The molecule has 0 aromatic carbocycles. The molecule has 0 radical (unpaired) electrons. The SMILES string of the molecule is CCCCCCCCCCCCCCCC(=O)OC[C@H](CSC[C@@H](N)C(=O)Nc1cn(C[C@H](O)C2OC(O)[C@@H](O)[C@@H]2O)nn1)OC(=O)CCCCCCCCCCCCCCC. The summed E-state index contributed by atoms with van der Waals surface area (Å²) < 4.78 is 17.6. The summed E-state index contributed by atoms with van der Waals surface area (Å²) in [5.41, 5.74) is 6.18. The molecule has 0 bridgehead atoms. The van der Waals surface area contributed by atoms with Gasteiger partial charge in [0, 0.05) is 24.3 Å². The van der Waals surface area contributed by atoms with E-state index in [0.717, 1.165) is 38.5 Å². The van der Waals surface area contributed by atoms with E-state index in [1.165, 1.54) is 151 Å². The minimum absolute atomic E-state index is 0.0636. The van der Waals surface area contributed by atoms with Crippen LogP contribution in [-0.4, -0.2) is 114 Å². The molecule has 1 amide bonds. The molecule has 7 N–H and O–H groups in total. The van der Waals surface area contributed by atoms with Crippen LogP contribution in [-0.2, 0) is 35.1 Å². The Hall–Kier alpha value is -2.34. The molecule has 16 heteroatoms. The van der Waals surface area contributed by atoms with E-state index in [4.69, 9.17) is 19.9 Å². The molecule has 2 heterocycles. The molecule has 1 fully saturated rings. The highest BCUT2D eigenvalue weighted by Crippen LogP contribution is 2.23. The van der Waals surface area contributed by atoms with Gasteiger partial charge in [-0.15, -0.1) is 5.10 Å². The van der Waals surface area contributed by atoms with Crippen molar-refractivity contribution in [1.82, 2.24) is 15.0 Å². The summed E-state index contributed by atoms with van der Waals surface area (Å²) in [6.45, 7) is 4.23. The van der Waals surface area contributed by atoms with Crippen molar-refractivity contribution in [3.8, 4) is 0 Å². The van der Waals surface area contributed by atoms with Gasteiger partial charge in [0.05, 0.1) is 18.8 Å². The maximum absolute atomic E-state index is 12.9. The first-order valence-corrected chi connectivity index (χ1v) is 25.5. The van der Waals surface area contributed by atoms with Gasteiger partial charge < -0.3 is 45.7 Å². The Kier molecular flexibility index (Phi) is 32.3. The van der Waals surface area contributed by atoms with Crippen molar-refractivity contribution in [1.29, 1.82) is 0 Å². The average molecular weight is 900 g/mol. The number of aromatic nitrogens is 3. The van der Waals surface area contributed by atoms with Crippen LogP contribution in [0.5, 0.6) is 0 Å². The van der Waals surface area contributed by atoms with E-state index in [1.54, 1.807) is 0 Å². The van der Waals surface area contributed by atoms with Gasteiger partial charge in [-0.25, -0.2) is 4.68 Å². The molecule has 1 aliphatic heterocycles. The quantitative estimate of drug-likeness (QED) is 0.0277. The first-order chi connectivity index (χ1) is 30.0. The van der Waals surface area contributed by atoms with E-state index in [2.05, 4.69) is 29.5 Å². The third-order valence-corrected chi connectivity index (χ3v) is 12.7. The van der Waals surface area contributed by atoms with Crippen LogP contribution in [0.1, 0.15) is 194 Å². The second-order valence-corrected chi connectivity index (χ2v) is 18.4. The van der Waals surface area contributed by atoms with Gasteiger partial charge in [-0.2, -0.15) is 11.8 Å². The minimum atomic E-state index is -1.63. The lowest BCUT2D eigenvalue weighted by Gasteiger charge is -2.20. The van der Waals surface area contributed by atoms with Crippen molar-refractivity contribution in [3.05, 3.63) is 6.20 Å². The van der Waals surface area contributed by atoms with Crippen molar-refractivity contribution in [2.75, 3.05) is 23.4 Å². The Bertz CT molecular complexity index is 1290. The third-order valence-electron chi connectivity index (χ3n) is 11.5. The molecule has 62 heavy (non-hydrogen) atoms. The summed E-state index contributed by atoms with van der Waals surface area (Å²) in [6, 6.07) is -0.957. The molecule has 0 spiro atoms. The predicted molar refractivity (Wildman–Crippen MR) is 244 cm³/mol. The molecule has 1 aromatic heterocycles. The monoisotopic (exact) mass is 900 g/mol. The zero-order chi connectivity index (χ0) is 45.2. The van der Waals surface area contributed by atoms with Crippen molar-refractivity contribution < 1.29 is 49.0 Å². The maximum Gasteiger partial charge on any atom is 0.306 e. The highest BCUT2D eigenvalue weighted by atomic mass is 32.2. The minimum Gasteiger partial charge on any atom is -0.462 e. The van der Waals surface area contributed by atoms with Gasteiger partial charge in [-0.05, 0) is 12.8 Å². The van der Waals surface area contributed by atoms with Gasteiger partial charge in [-0.1, -0.05) is 173 Å². The topological polar surface area (TPSA) is 229 Å². The van der Waals surface area contributed by atoms with E-state index < -0.39 is 48.8 Å². The summed E-state index contributed by atoms with van der Waals surface area (Å²) in [6.07, 6.45) is 25.7. The highest BCUT2D eigenvalue weighted by Gasteiger charge is 2.45. The number of rotatable bonds is 40. The Morgan fingerprint density at radius 3 is 1.66 bits per heavy atom. The number of hydrogen-bond donors (Lipinski definition) is 6. The summed E-state index contributed by atoms with van der Waals surface area (Å²) >= 11 is 1.31. The van der Waals surface area contributed by atoms with E-state index in [-0.39, 0.29) is 42.4 Å². The van der Waals surface area contributed by atoms with Crippen molar-refractivity contribution in [2.45, 2.75) is 243 Å². The Balaban J connectivity index is 1.72. The number of carbonyl (C=O) groups excluding carboxylic acids is 3. The largest absolute Gasteiger partial charge is 0.462 e. The van der Waals surface area contributed by atoms with Gasteiger partial charge in [-0.3, -0.25) is 14.4 Å². The van der Waals surface area contributed by atoms with Crippen LogP contribution in [0.4, 0.5) is 5.82 Å². The van der Waals surface area contributed by atoms with Crippen LogP contribution in [0.25, 0.3) is 0 Å². The number of aliphatic hydroxyl groups is 4. The van der Waals surface area contributed by atoms with Crippen molar-refractivity contribution >= 4 is 35.4 Å². The number of aliphatic hydroxyl groups excluding tert-OH is 4. The second-order valence-electron chi connectivity index (χ2n) is 17.3. The van der Waals surface area contributed by atoms with Crippen molar-refractivity contribution in [2.24, 2.45) is 5.73 Å². The number of esters is 2. The fourth-order valence-electron chi connectivity index (χ4n) is 7.56. The van der Waals surface area contributed by atoms with E-state index in [9.17, 15) is 34.8 Å². The fraction of sp³-hybridized carbons (Fsp3) is 0.891. The summed E-state index contributed by atoms with van der Waals surface area (Å²) in [7, 11) is 0. The molecule has 1 saturated heterocycles. The summed E-state index contributed by atoms with van der Waals surface area (Å²) in [4.78, 5) is 38.4. The number of nitrogens with zero attached hydrogens (tertiary/aromatic N) is 3. The van der Waals surface area contributed by atoms with Gasteiger partial charge in [0.2, 0.25) is 5.91 Å². The second kappa shape index (κ2) is 35.9. The number of hydrogen-bond acceptors (Lipinski definition) is 14. The highest BCUT2D eigenvalue weighted by molar-refractivity contribution is 7.99. The van der Waals surface area contributed by atoms with Crippen molar-refractivity contribution in [3.63, 3.8) is 0 Å². The lowest BCUT2D eigenvalue weighted by atomic mass is 10.0. The number of unbranched alkanes of at least 4 members (excludes halogenated alkanes) is 24. The average Bonchev–Trinajstić information content (AvgIpc) is 3.80. The van der Waals surface area contributed by atoms with Gasteiger partial charge >= 0.3 is 11.9 Å². The molecular formula is C46H85N5O10S. The van der Waals surface area contributed by atoms with Crippen LogP contribution in [0.3, 0.4) is 0 Å². The lowest BCUT2D eigenvalue weighted by Crippen LogP contribution is -2.40. The number of amides is 1. The van der Waals surface area contributed by atoms with Crippen LogP contribution in [0.2, 0.25) is 0 Å². The Morgan fingerprint density at radius 2 is 1.19 bits per heavy atom. The van der Waals surface area contributed by atoms with Crippen LogP contribution < -0.4 is 11.1 Å². The van der Waals surface area contributed by atoms with E-state index in [0.29, 0.717) is 12.8 Å². The van der Waals surface area contributed by atoms with Gasteiger partial charge in [0.25, 0.3) is 0 Å².